The maximum atomic E-state index is 12.6. The monoisotopic (exact) mass is 402 g/mol. The molecule has 0 saturated carbocycles. The predicted molar refractivity (Wildman–Crippen MR) is 110 cm³/mol. The minimum absolute atomic E-state index is 0.178. The Hall–Kier alpha value is -2.52. The lowest BCUT2D eigenvalue weighted by atomic mass is 9.78. The number of amides is 2. The van der Waals surface area contributed by atoms with Crippen molar-refractivity contribution in [3.05, 3.63) is 30.0 Å². The lowest BCUT2D eigenvalue weighted by Crippen LogP contribution is -2.49. The SMILES string of the molecule is CCOC(=O)N1C=Cc2cc(B3OC(C)(C)C(C)(C)O3)ccc2N1C(=O)OCC. The van der Waals surface area contributed by atoms with Crippen LogP contribution in [-0.2, 0) is 18.8 Å². The molecule has 3 rings (SSSR count). The van der Waals surface area contributed by atoms with E-state index in [-0.39, 0.29) is 13.2 Å². The third-order valence-electron chi connectivity index (χ3n) is 5.31. The number of rotatable bonds is 3. The molecule has 2 heterocycles. The molecule has 0 aromatic heterocycles. The second kappa shape index (κ2) is 7.72. The summed E-state index contributed by atoms with van der Waals surface area (Å²) in [6.45, 7) is 11.7. The van der Waals surface area contributed by atoms with E-state index in [1.54, 1.807) is 26.0 Å². The van der Waals surface area contributed by atoms with Gasteiger partial charge < -0.3 is 18.8 Å². The molecular formula is C20H27BN2O6. The highest BCUT2D eigenvalue weighted by Crippen LogP contribution is 2.37. The molecule has 1 aromatic rings. The smallest absolute Gasteiger partial charge is 0.448 e. The fourth-order valence-electron chi connectivity index (χ4n) is 3.06. The number of anilines is 1. The quantitative estimate of drug-likeness (QED) is 0.722. The number of ether oxygens (including phenoxy) is 2. The van der Waals surface area contributed by atoms with Crippen molar-refractivity contribution in [3.8, 4) is 0 Å². The van der Waals surface area contributed by atoms with Crippen LogP contribution in [0.25, 0.3) is 6.08 Å². The molecule has 29 heavy (non-hydrogen) atoms. The summed E-state index contributed by atoms with van der Waals surface area (Å²) < 4.78 is 22.4. The first-order valence-electron chi connectivity index (χ1n) is 9.72. The number of hydrazine groups is 1. The zero-order chi connectivity index (χ0) is 21.4. The molecule has 0 radical (unpaired) electrons. The first-order valence-corrected chi connectivity index (χ1v) is 9.72. The number of nitrogens with zero attached hydrogens (tertiary/aromatic N) is 2. The Morgan fingerprint density at radius 2 is 1.59 bits per heavy atom. The highest BCUT2D eigenvalue weighted by atomic mass is 16.7. The van der Waals surface area contributed by atoms with Gasteiger partial charge in [-0.1, -0.05) is 12.1 Å². The Kier molecular flexibility index (Phi) is 5.64. The summed E-state index contributed by atoms with van der Waals surface area (Å²) in [5.74, 6) is 0. The third kappa shape index (κ3) is 3.84. The largest absolute Gasteiger partial charge is 0.494 e. The van der Waals surface area contributed by atoms with Crippen molar-refractivity contribution in [1.82, 2.24) is 5.01 Å². The molecule has 0 unspecified atom stereocenters. The minimum atomic E-state index is -0.672. The van der Waals surface area contributed by atoms with Gasteiger partial charge in [0.1, 0.15) is 0 Å². The fourth-order valence-corrected chi connectivity index (χ4v) is 3.06. The van der Waals surface area contributed by atoms with Crippen LogP contribution in [0.2, 0.25) is 0 Å². The molecule has 0 spiro atoms. The van der Waals surface area contributed by atoms with Crippen molar-refractivity contribution in [2.24, 2.45) is 0 Å². The molecule has 9 heteroatoms. The molecule has 1 fully saturated rings. The van der Waals surface area contributed by atoms with Gasteiger partial charge in [0.2, 0.25) is 0 Å². The average Bonchev–Trinajstić information content (AvgIpc) is 2.88. The van der Waals surface area contributed by atoms with Crippen LogP contribution in [-0.4, -0.2) is 48.7 Å². The van der Waals surface area contributed by atoms with Crippen molar-refractivity contribution in [2.45, 2.75) is 52.7 Å². The average molecular weight is 402 g/mol. The number of hydrogen-bond donors (Lipinski definition) is 0. The number of carbonyl (C=O) groups is 2. The van der Waals surface area contributed by atoms with Crippen molar-refractivity contribution >= 4 is 36.5 Å². The van der Waals surface area contributed by atoms with E-state index in [0.29, 0.717) is 5.69 Å². The number of fused-ring (bicyclic) bond motifs is 1. The van der Waals surface area contributed by atoms with Crippen LogP contribution < -0.4 is 10.5 Å². The molecule has 1 saturated heterocycles. The standard InChI is InChI=1S/C20H27BN2O6/c1-7-26-17(24)22-12-11-14-13-15(21-28-19(3,4)20(5,6)29-21)9-10-16(14)23(22)18(25)27-8-2/h9-13H,7-8H2,1-6H3. The van der Waals surface area contributed by atoms with Crippen LogP contribution in [0.3, 0.4) is 0 Å². The maximum Gasteiger partial charge on any atom is 0.494 e. The highest BCUT2D eigenvalue weighted by Gasteiger charge is 2.51. The van der Waals surface area contributed by atoms with Crippen molar-refractivity contribution in [3.63, 3.8) is 0 Å². The van der Waals surface area contributed by atoms with E-state index in [0.717, 1.165) is 21.0 Å². The first-order chi connectivity index (χ1) is 13.6. The maximum absolute atomic E-state index is 12.6. The number of hydrogen-bond acceptors (Lipinski definition) is 6. The summed E-state index contributed by atoms with van der Waals surface area (Å²) in [6, 6.07) is 5.43. The lowest BCUT2D eigenvalue weighted by molar-refractivity contribution is 0.00578. The molecule has 0 atom stereocenters. The van der Waals surface area contributed by atoms with Gasteiger partial charge in [-0.15, -0.1) is 0 Å². The Labute approximate surface area is 171 Å². The summed E-state index contributed by atoms with van der Waals surface area (Å²) in [7, 11) is -0.530. The van der Waals surface area contributed by atoms with E-state index >= 15 is 0 Å². The third-order valence-corrected chi connectivity index (χ3v) is 5.31. The fraction of sp³-hybridized carbons (Fsp3) is 0.500. The summed E-state index contributed by atoms with van der Waals surface area (Å²) in [5.41, 5.74) is 1.13. The topological polar surface area (TPSA) is 77.5 Å². The number of benzene rings is 1. The van der Waals surface area contributed by atoms with E-state index in [1.807, 2.05) is 39.8 Å². The molecule has 2 amide bonds. The van der Waals surface area contributed by atoms with Gasteiger partial charge in [0.15, 0.2) is 0 Å². The Bertz CT molecular complexity index is 822. The van der Waals surface area contributed by atoms with E-state index < -0.39 is 30.5 Å². The van der Waals surface area contributed by atoms with Crippen LogP contribution in [0.1, 0.15) is 47.1 Å². The van der Waals surface area contributed by atoms with E-state index in [2.05, 4.69) is 0 Å². The molecule has 0 bridgehead atoms. The molecule has 156 valence electrons. The lowest BCUT2D eigenvalue weighted by Gasteiger charge is -2.34. The molecule has 1 aromatic carbocycles. The van der Waals surface area contributed by atoms with Gasteiger partial charge in [-0.3, -0.25) is 0 Å². The van der Waals surface area contributed by atoms with Gasteiger partial charge in [0.05, 0.1) is 30.1 Å². The zero-order valence-electron chi connectivity index (χ0n) is 17.7. The molecular weight excluding hydrogens is 375 g/mol. The van der Waals surface area contributed by atoms with E-state index in [1.165, 1.54) is 6.20 Å². The summed E-state index contributed by atoms with van der Waals surface area (Å²) in [6.07, 6.45) is 1.87. The first kappa shape index (κ1) is 21.2. The zero-order valence-corrected chi connectivity index (χ0v) is 17.7. The summed E-state index contributed by atoms with van der Waals surface area (Å²) in [5, 5.41) is 2.25. The van der Waals surface area contributed by atoms with Crippen LogP contribution in [0, 0.1) is 0 Å². The predicted octanol–water partition coefficient (Wildman–Crippen LogP) is 3.31. The molecule has 2 aliphatic rings. The van der Waals surface area contributed by atoms with Gasteiger partial charge in [-0.05, 0) is 59.1 Å². The van der Waals surface area contributed by atoms with Crippen LogP contribution in [0.4, 0.5) is 15.3 Å². The van der Waals surface area contributed by atoms with Crippen molar-refractivity contribution < 1.29 is 28.4 Å². The van der Waals surface area contributed by atoms with Gasteiger partial charge in [-0.2, -0.15) is 10.0 Å². The minimum Gasteiger partial charge on any atom is -0.448 e. The van der Waals surface area contributed by atoms with Crippen molar-refractivity contribution in [1.29, 1.82) is 0 Å². The van der Waals surface area contributed by atoms with Crippen LogP contribution in [0.5, 0.6) is 0 Å². The number of carbonyl (C=O) groups excluding carboxylic acids is 2. The van der Waals surface area contributed by atoms with Gasteiger partial charge in [0.25, 0.3) is 0 Å². The van der Waals surface area contributed by atoms with Gasteiger partial charge in [0, 0.05) is 11.8 Å². The van der Waals surface area contributed by atoms with Crippen LogP contribution in [0.15, 0.2) is 24.4 Å². The van der Waals surface area contributed by atoms with Crippen molar-refractivity contribution in [2.75, 3.05) is 18.2 Å². The van der Waals surface area contributed by atoms with E-state index in [4.69, 9.17) is 18.8 Å². The van der Waals surface area contributed by atoms with Gasteiger partial charge >= 0.3 is 19.3 Å². The molecule has 2 aliphatic heterocycles. The Balaban J connectivity index is 1.95. The molecule has 0 aliphatic carbocycles. The highest BCUT2D eigenvalue weighted by molar-refractivity contribution is 6.62. The Morgan fingerprint density at radius 3 is 2.17 bits per heavy atom. The molecule has 8 nitrogen and oxygen atoms in total. The summed E-state index contributed by atoms with van der Waals surface area (Å²) in [4.78, 5) is 24.9. The van der Waals surface area contributed by atoms with E-state index in [9.17, 15) is 9.59 Å². The normalized spacial score (nSPS) is 19.2. The van der Waals surface area contributed by atoms with Gasteiger partial charge in [-0.25, -0.2) is 9.59 Å². The van der Waals surface area contributed by atoms with Crippen LogP contribution >= 0.6 is 0 Å². The summed E-state index contributed by atoms with van der Waals surface area (Å²) >= 11 is 0. The molecule has 0 N–H and O–H groups in total. The Morgan fingerprint density at radius 1 is 1.00 bits per heavy atom. The second-order valence-corrected chi connectivity index (χ2v) is 7.78. The second-order valence-electron chi connectivity index (χ2n) is 7.78.